The van der Waals surface area contributed by atoms with Crippen LogP contribution in [0.1, 0.15) is 16.9 Å². The maximum absolute atomic E-state index is 12.8. The number of halogens is 2. The first-order chi connectivity index (χ1) is 6.58. The number of alkyl halides is 2. The molecule has 6 heteroatoms. The standard InChI is InChI=1S/C8H8F2N2OS/c9-8(10)1-2-12(4-8)7(13)6-3-14-5-11-6/h3,5H,1-2,4H2. The van der Waals surface area contributed by atoms with Gasteiger partial charge in [0.1, 0.15) is 5.69 Å². The van der Waals surface area contributed by atoms with Gasteiger partial charge in [0, 0.05) is 18.3 Å². The van der Waals surface area contributed by atoms with Crippen LogP contribution < -0.4 is 0 Å². The molecule has 76 valence electrons. The summed E-state index contributed by atoms with van der Waals surface area (Å²) in [7, 11) is 0. The van der Waals surface area contributed by atoms with E-state index in [1.165, 1.54) is 16.8 Å². The fourth-order valence-electron chi connectivity index (χ4n) is 1.39. The van der Waals surface area contributed by atoms with E-state index in [1.807, 2.05) is 0 Å². The third-order valence-corrected chi connectivity index (χ3v) is 2.69. The van der Waals surface area contributed by atoms with Gasteiger partial charge in [0.25, 0.3) is 11.8 Å². The van der Waals surface area contributed by atoms with Crippen LogP contribution in [-0.2, 0) is 0 Å². The fraction of sp³-hybridized carbons (Fsp3) is 0.500. The van der Waals surface area contributed by atoms with Crippen molar-refractivity contribution in [3.05, 3.63) is 16.6 Å². The number of carbonyl (C=O) groups is 1. The summed E-state index contributed by atoms with van der Waals surface area (Å²) < 4.78 is 25.6. The summed E-state index contributed by atoms with van der Waals surface area (Å²) in [5.41, 5.74) is 1.77. The molecule has 0 radical (unpaired) electrons. The minimum absolute atomic E-state index is 0.114. The van der Waals surface area contributed by atoms with Crippen LogP contribution in [0.15, 0.2) is 10.9 Å². The highest BCUT2D eigenvalue weighted by atomic mass is 32.1. The van der Waals surface area contributed by atoms with Gasteiger partial charge in [-0.3, -0.25) is 4.79 Å². The molecule has 14 heavy (non-hydrogen) atoms. The molecular formula is C8H8F2N2OS. The molecule has 0 aliphatic carbocycles. The van der Waals surface area contributed by atoms with E-state index in [4.69, 9.17) is 0 Å². The van der Waals surface area contributed by atoms with Crippen molar-refractivity contribution in [3.8, 4) is 0 Å². The molecule has 2 rings (SSSR count). The Hall–Kier alpha value is -1.04. The van der Waals surface area contributed by atoms with Crippen LogP contribution in [-0.4, -0.2) is 34.8 Å². The molecule has 1 aliphatic heterocycles. The lowest BCUT2D eigenvalue weighted by Gasteiger charge is -2.14. The summed E-state index contributed by atoms with van der Waals surface area (Å²) in [5, 5.41) is 1.57. The molecule has 0 N–H and O–H groups in total. The Labute approximate surface area is 83.4 Å². The van der Waals surface area contributed by atoms with Crippen molar-refractivity contribution in [3.63, 3.8) is 0 Å². The van der Waals surface area contributed by atoms with E-state index in [0.717, 1.165) is 4.90 Å². The highest BCUT2D eigenvalue weighted by Crippen LogP contribution is 2.27. The van der Waals surface area contributed by atoms with Gasteiger partial charge in [0.05, 0.1) is 12.1 Å². The Bertz CT molecular complexity index is 339. The van der Waals surface area contributed by atoms with Gasteiger partial charge < -0.3 is 4.90 Å². The number of likely N-dealkylation sites (tertiary alicyclic amines) is 1. The maximum atomic E-state index is 12.8. The van der Waals surface area contributed by atoms with Crippen LogP contribution in [0.2, 0.25) is 0 Å². The van der Waals surface area contributed by atoms with Gasteiger partial charge in [-0.2, -0.15) is 0 Å². The molecule has 0 spiro atoms. The summed E-state index contributed by atoms with van der Waals surface area (Å²) >= 11 is 1.28. The Balaban J connectivity index is 2.08. The lowest BCUT2D eigenvalue weighted by atomic mass is 10.3. The second-order valence-corrected chi connectivity index (χ2v) is 3.93. The van der Waals surface area contributed by atoms with E-state index >= 15 is 0 Å². The number of nitrogens with zero attached hydrogens (tertiary/aromatic N) is 2. The molecule has 1 amide bonds. The monoisotopic (exact) mass is 218 g/mol. The number of rotatable bonds is 1. The smallest absolute Gasteiger partial charge is 0.273 e. The van der Waals surface area contributed by atoms with Gasteiger partial charge in [0.2, 0.25) is 0 Å². The molecule has 1 aromatic rings. The predicted octanol–water partition coefficient (Wildman–Crippen LogP) is 1.62. The van der Waals surface area contributed by atoms with Crippen LogP contribution in [0.5, 0.6) is 0 Å². The van der Waals surface area contributed by atoms with E-state index in [9.17, 15) is 13.6 Å². The molecule has 0 bridgehead atoms. The number of hydrogen-bond acceptors (Lipinski definition) is 3. The second-order valence-electron chi connectivity index (χ2n) is 3.21. The van der Waals surface area contributed by atoms with Crippen molar-refractivity contribution < 1.29 is 13.6 Å². The van der Waals surface area contributed by atoms with Crippen molar-refractivity contribution in [2.75, 3.05) is 13.1 Å². The number of amides is 1. The Morgan fingerprint density at radius 2 is 2.43 bits per heavy atom. The number of aromatic nitrogens is 1. The lowest BCUT2D eigenvalue weighted by Crippen LogP contribution is -2.31. The summed E-state index contributed by atoms with van der Waals surface area (Å²) in [6.45, 7) is -0.368. The minimum Gasteiger partial charge on any atom is -0.331 e. The zero-order valence-electron chi connectivity index (χ0n) is 7.24. The van der Waals surface area contributed by atoms with Crippen molar-refractivity contribution >= 4 is 17.2 Å². The molecule has 0 atom stereocenters. The third-order valence-electron chi connectivity index (χ3n) is 2.11. The summed E-state index contributed by atoms with van der Waals surface area (Å²) in [6.07, 6.45) is -0.247. The maximum Gasteiger partial charge on any atom is 0.273 e. The Kier molecular flexibility index (Phi) is 2.22. The topological polar surface area (TPSA) is 33.2 Å². The fourth-order valence-corrected chi connectivity index (χ4v) is 1.92. The van der Waals surface area contributed by atoms with E-state index < -0.39 is 18.4 Å². The lowest BCUT2D eigenvalue weighted by molar-refractivity contribution is 0.0119. The van der Waals surface area contributed by atoms with E-state index in [1.54, 1.807) is 5.38 Å². The molecule has 0 aromatic carbocycles. The average Bonchev–Trinajstić information content (AvgIpc) is 2.72. The summed E-state index contributed by atoms with van der Waals surface area (Å²) in [5.74, 6) is -3.13. The first kappa shape index (κ1) is 9.51. The van der Waals surface area contributed by atoms with E-state index in [-0.39, 0.29) is 18.7 Å². The predicted molar refractivity (Wildman–Crippen MR) is 47.6 cm³/mol. The van der Waals surface area contributed by atoms with Crippen molar-refractivity contribution in [1.29, 1.82) is 0 Å². The largest absolute Gasteiger partial charge is 0.331 e. The number of thiazole rings is 1. The Morgan fingerprint density at radius 3 is 2.93 bits per heavy atom. The van der Waals surface area contributed by atoms with Crippen LogP contribution in [0.3, 0.4) is 0 Å². The molecular weight excluding hydrogens is 210 g/mol. The zero-order chi connectivity index (χ0) is 10.2. The number of carbonyl (C=O) groups excluding carboxylic acids is 1. The molecule has 1 fully saturated rings. The van der Waals surface area contributed by atoms with Gasteiger partial charge in [-0.1, -0.05) is 0 Å². The van der Waals surface area contributed by atoms with Gasteiger partial charge in [-0.25, -0.2) is 13.8 Å². The summed E-state index contributed by atoms with van der Waals surface area (Å²) in [4.78, 5) is 16.5. The molecule has 0 unspecified atom stereocenters. The van der Waals surface area contributed by atoms with Crippen LogP contribution in [0, 0.1) is 0 Å². The number of hydrogen-bond donors (Lipinski definition) is 0. The molecule has 1 saturated heterocycles. The van der Waals surface area contributed by atoms with E-state index in [0.29, 0.717) is 0 Å². The SMILES string of the molecule is O=C(c1cscn1)N1CCC(F)(F)C1. The first-order valence-electron chi connectivity index (χ1n) is 4.14. The highest BCUT2D eigenvalue weighted by molar-refractivity contribution is 7.07. The summed E-state index contributed by atoms with van der Waals surface area (Å²) in [6, 6.07) is 0. The van der Waals surface area contributed by atoms with E-state index in [2.05, 4.69) is 4.98 Å². The van der Waals surface area contributed by atoms with Crippen molar-refractivity contribution in [1.82, 2.24) is 9.88 Å². The molecule has 0 saturated carbocycles. The normalized spacial score (nSPS) is 20.0. The minimum atomic E-state index is -2.73. The molecule has 3 nitrogen and oxygen atoms in total. The van der Waals surface area contributed by atoms with Gasteiger partial charge >= 0.3 is 0 Å². The molecule has 1 aliphatic rings. The van der Waals surface area contributed by atoms with Gasteiger partial charge in [-0.15, -0.1) is 11.3 Å². The van der Waals surface area contributed by atoms with Gasteiger partial charge in [-0.05, 0) is 0 Å². The second kappa shape index (κ2) is 3.27. The molecule has 2 heterocycles. The van der Waals surface area contributed by atoms with Crippen LogP contribution >= 0.6 is 11.3 Å². The molecule has 1 aromatic heterocycles. The van der Waals surface area contributed by atoms with Crippen molar-refractivity contribution in [2.24, 2.45) is 0 Å². The quantitative estimate of drug-likeness (QED) is 0.717. The third kappa shape index (κ3) is 1.75. The highest BCUT2D eigenvalue weighted by Gasteiger charge is 2.40. The average molecular weight is 218 g/mol. The first-order valence-corrected chi connectivity index (χ1v) is 5.08. The van der Waals surface area contributed by atoms with Gasteiger partial charge in [0.15, 0.2) is 0 Å². The van der Waals surface area contributed by atoms with Crippen LogP contribution in [0.25, 0.3) is 0 Å². The van der Waals surface area contributed by atoms with Crippen molar-refractivity contribution in [2.45, 2.75) is 12.3 Å². The van der Waals surface area contributed by atoms with Crippen LogP contribution in [0.4, 0.5) is 8.78 Å². The Morgan fingerprint density at radius 1 is 1.64 bits per heavy atom. The zero-order valence-corrected chi connectivity index (χ0v) is 8.06.